The molecule has 0 aliphatic heterocycles. The summed E-state index contributed by atoms with van der Waals surface area (Å²) in [6, 6.07) is 5.60. The van der Waals surface area contributed by atoms with E-state index in [2.05, 4.69) is 4.90 Å². The van der Waals surface area contributed by atoms with Crippen molar-refractivity contribution in [1.82, 2.24) is 4.57 Å². The maximum atomic E-state index is 11.5. The average Bonchev–Trinajstić information content (AvgIpc) is 2.65. The lowest BCUT2D eigenvalue weighted by Crippen LogP contribution is -2.07. The average molecular weight is 232 g/mol. The molecule has 0 unspecified atom stereocenters. The van der Waals surface area contributed by atoms with E-state index in [1.807, 2.05) is 44.0 Å². The molecule has 0 N–H and O–H groups in total. The molecule has 17 heavy (non-hydrogen) atoms. The topological polar surface area (TPSA) is 34.5 Å². The number of benzene rings is 1. The van der Waals surface area contributed by atoms with Crippen molar-refractivity contribution in [3.05, 3.63) is 30.0 Å². The lowest BCUT2D eigenvalue weighted by Gasteiger charge is -2.10. The van der Waals surface area contributed by atoms with Gasteiger partial charge in [0.2, 0.25) is 0 Å². The van der Waals surface area contributed by atoms with E-state index in [0.717, 1.165) is 16.6 Å². The summed E-state index contributed by atoms with van der Waals surface area (Å²) >= 11 is 0. The van der Waals surface area contributed by atoms with Crippen LogP contribution < -0.4 is 4.90 Å². The Kier molecular flexibility index (Phi) is 2.79. The molecule has 0 fully saturated rings. The van der Waals surface area contributed by atoms with Crippen LogP contribution in [0.3, 0.4) is 0 Å². The van der Waals surface area contributed by atoms with Crippen molar-refractivity contribution >= 4 is 22.6 Å². The minimum Gasteiger partial charge on any atom is -0.465 e. The maximum Gasteiger partial charge on any atom is 0.337 e. The highest BCUT2D eigenvalue weighted by Gasteiger charge is 2.11. The molecule has 2 aromatic rings. The van der Waals surface area contributed by atoms with Crippen LogP contribution in [0.2, 0.25) is 0 Å². The summed E-state index contributed by atoms with van der Waals surface area (Å²) in [5.74, 6) is -0.306. The molecular weight excluding hydrogens is 216 g/mol. The molecule has 90 valence electrons. The van der Waals surface area contributed by atoms with Crippen LogP contribution in [0.4, 0.5) is 5.69 Å². The van der Waals surface area contributed by atoms with Crippen molar-refractivity contribution < 1.29 is 9.53 Å². The van der Waals surface area contributed by atoms with Gasteiger partial charge in [-0.2, -0.15) is 0 Å². The van der Waals surface area contributed by atoms with Gasteiger partial charge in [-0.1, -0.05) is 0 Å². The number of nitrogens with zero attached hydrogens (tertiary/aromatic N) is 2. The van der Waals surface area contributed by atoms with Crippen LogP contribution in [0.1, 0.15) is 10.4 Å². The second-order valence-corrected chi connectivity index (χ2v) is 4.24. The van der Waals surface area contributed by atoms with Crippen LogP contribution in [0, 0.1) is 0 Å². The van der Waals surface area contributed by atoms with E-state index in [0.29, 0.717) is 5.56 Å². The Labute approximate surface area is 100 Å². The Morgan fingerprint density at radius 2 is 2.06 bits per heavy atom. The molecule has 0 spiro atoms. The Morgan fingerprint density at radius 3 is 2.65 bits per heavy atom. The van der Waals surface area contributed by atoms with E-state index in [-0.39, 0.29) is 5.97 Å². The molecule has 0 amide bonds. The van der Waals surface area contributed by atoms with Gasteiger partial charge in [-0.15, -0.1) is 0 Å². The van der Waals surface area contributed by atoms with E-state index >= 15 is 0 Å². The van der Waals surface area contributed by atoms with E-state index < -0.39 is 0 Å². The zero-order chi connectivity index (χ0) is 12.6. The number of hydrogen-bond acceptors (Lipinski definition) is 3. The molecule has 1 aromatic carbocycles. The number of fused-ring (bicyclic) bond motifs is 1. The summed E-state index contributed by atoms with van der Waals surface area (Å²) in [5, 5.41) is 1.13. The summed E-state index contributed by atoms with van der Waals surface area (Å²) < 4.78 is 6.73. The van der Waals surface area contributed by atoms with E-state index in [4.69, 9.17) is 4.74 Å². The number of rotatable bonds is 2. The molecule has 0 saturated heterocycles. The number of ether oxygens (including phenoxy) is 1. The zero-order valence-electron chi connectivity index (χ0n) is 10.5. The number of anilines is 1. The second-order valence-electron chi connectivity index (χ2n) is 4.24. The van der Waals surface area contributed by atoms with Gasteiger partial charge in [0, 0.05) is 32.7 Å². The van der Waals surface area contributed by atoms with Crippen LogP contribution in [0.25, 0.3) is 10.9 Å². The number of hydrogen-bond donors (Lipinski definition) is 0. The minimum absolute atomic E-state index is 0.306. The number of carbonyl (C=O) groups excluding carboxylic acids is 1. The van der Waals surface area contributed by atoms with Crippen LogP contribution >= 0.6 is 0 Å². The first-order chi connectivity index (χ1) is 8.04. The first-order valence-corrected chi connectivity index (χ1v) is 5.39. The predicted molar refractivity (Wildman–Crippen MR) is 68.6 cm³/mol. The minimum atomic E-state index is -0.306. The van der Waals surface area contributed by atoms with Gasteiger partial charge in [0.15, 0.2) is 0 Å². The van der Waals surface area contributed by atoms with Crippen LogP contribution in [0.15, 0.2) is 24.4 Å². The second kappa shape index (κ2) is 4.13. The standard InChI is InChI=1S/C13H16N2O2/c1-14(2)12-8-15(3)11-7-9(13(16)17-4)5-6-10(11)12/h5-8H,1-4H3. The van der Waals surface area contributed by atoms with Crippen molar-refractivity contribution in [3.63, 3.8) is 0 Å². The lowest BCUT2D eigenvalue weighted by atomic mass is 10.1. The third-order valence-corrected chi connectivity index (χ3v) is 2.87. The SMILES string of the molecule is COC(=O)c1ccc2c(N(C)C)cn(C)c2c1. The fourth-order valence-corrected chi connectivity index (χ4v) is 1.96. The van der Waals surface area contributed by atoms with Gasteiger partial charge in [-0.25, -0.2) is 4.79 Å². The zero-order valence-corrected chi connectivity index (χ0v) is 10.5. The number of methoxy groups -OCH3 is 1. The van der Waals surface area contributed by atoms with Crippen LogP contribution in [-0.4, -0.2) is 31.7 Å². The van der Waals surface area contributed by atoms with Crippen LogP contribution in [0.5, 0.6) is 0 Å². The highest BCUT2D eigenvalue weighted by atomic mass is 16.5. The fraction of sp³-hybridized carbons (Fsp3) is 0.308. The third kappa shape index (κ3) is 1.86. The highest BCUT2D eigenvalue weighted by Crippen LogP contribution is 2.28. The molecule has 4 heteroatoms. The molecule has 1 heterocycles. The largest absolute Gasteiger partial charge is 0.465 e. The highest BCUT2D eigenvalue weighted by molar-refractivity contribution is 5.99. The lowest BCUT2D eigenvalue weighted by molar-refractivity contribution is 0.0601. The van der Waals surface area contributed by atoms with Crippen molar-refractivity contribution in [1.29, 1.82) is 0 Å². The van der Waals surface area contributed by atoms with Gasteiger partial charge in [-0.05, 0) is 18.2 Å². The van der Waals surface area contributed by atoms with Gasteiger partial charge in [0.05, 0.1) is 23.9 Å². The quantitative estimate of drug-likeness (QED) is 0.743. The monoisotopic (exact) mass is 232 g/mol. The molecule has 0 radical (unpaired) electrons. The van der Waals surface area contributed by atoms with E-state index in [1.54, 1.807) is 6.07 Å². The Hall–Kier alpha value is -1.97. The van der Waals surface area contributed by atoms with Gasteiger partial charge in [0.25, 0.3) is 0 Å². The predicted octanol–water partition coefficient (Wildman–Crippen LogP) is 2.03. The summed E-state index contributed by atoms with van der Waals surface area (Å²) in [6.45, 7) is 0. The van der Waals surface area contributed by atoms with Gasteiger partial charge in [-0.3, -0.25) is 0 Å². The Morgan fingerprint density at radius 1 is 1.35 bits per heavy atom. The molecule has 0 bridgehead atoms. The van der Waals surface area contributed by atoms with Crippen molar-refractivity contribution in [2.24, 2.45) is 7.05 Å². The molecule has 1 aromatic heterocycles. The summed E-state index contributed by atoms with van der Waals surface area (Å²) in [4.78, 5) is 13.5. The Balaban J connectivity index is 2.63. The smallest absolute Gasteiger partial charge is 0.337 e. The maximum absolute atomic E-state index is 11.5. The van der Waals surface area contributed by atoms with Gasteiger partial charge in [0.1, 0.15) is 0 Å². The normalized spacial score (nSPS) is 10.6. The molecule has 0 saturated carbocycles. The van der Waals surface area contributed by atoms with Crippen LogP contribution in [-0.2, 0) is 11.8 Å². The molecule has 0 atom stereocenters. The van der Waals surface area contributed by atoms with Gasteiger partial charge < -0.3 is 14.2 Å². The first-order valence-electron chi connectivity index (χ1n) is 5.39. The van der Waals surface area contributed by atoms with Gasteiger partial charge >= 0.3 is 5.97 Å². The summed E-state index contributed by atoms with van der Waals surface area (Å²) in [7, 11) is 7.37. The first kappa shape index (κ1) is 11.5. The van der Waals surface area contributed by atoms with E-state index in [1.165, 1.54) is 7.11 Å². The summed E-state index contributed by atoms with van der Waals surface area (Å²) in [6.07, 6.45) is 2.05. The number of aromatic nitrogens is 1. The Bertz CT molecular complexity index is 570. The third-order valence-electron chi connectivity index (χ3n) is 2.87. The van der Waals surface area contributed by atoms with E-state index in [9.17, 15) is 4.79 Å². The van der Waals surface area contributed by atoms with Crippen molar-refractivity contribution in [2.75, 3.05) is 26.1 Å². The molecule has 4 nitrogen and oxygen atoms in total. The van der Waals surface area contributed by atoms with Crippen molar-refractivity contribution in [2.45, 2.75) is 0 Å². The fourth-order valence-electron chi connectivity index (χ4n) is 1.96. The molecule has 0 aliphatic carbocycles. The molecule has 2 rings (SSSR count). The number of aryl methyl sites for hydroxylation is 1. The number of carbonyl (C=O) groups is 1. The number of esters is 1. The van der Waals surface area contributed by atoms with Crippen molar-refractivity contribution in [3.8, 4) is 0 Å². The molecular formula is C13H16N2O2. The summed E-state index contributed by atoms with van der Waals surface area (Å²) in [5.41, 5.74) is 2.74. The molecule has 0 aliphatic rings.